The molecule has 1 amide bonds. The third-order valence-electron chi connectivity index (χ3n) is 4.74. The third kappa shape index (κ3) is 4.25. The molecule has 2 aromatic carbocycles. The highest BCUT2D eigenvalue weighted by atomic mass is 16.5. The number of nitrogens with zero attached hydrogens (tertiary/aromatic N) is 1. The van der Waals surface area contributed by atoms with Crippen molar-refractivity contribution in [2.45, 2.75) is 33.7 Å². The summed E-state index contributed by atoms with van der Waals surface area (Å²) in [6.45, 7) is 6.19. The number of benzene rings is 2. The topological polar surface area (TPSA) is 62.4 Å². The minimum absolute atomic E-state index is 0.0213. The first kappa shape index (κ1) is 19.7. The molecule has 0 atom stereocenters. The van der Waals surface area contributed by atoms with Crippen molar-refractivity contribution >= 4 is 22.5 Å². The molecule has 28 heavy (non-hydrogen) atoms. The molecular formula is C23H26N2O3. The van der Waals surface area contributed by atoms with Gasteiger partial charge in [0.15, 0.2) is 0 Å². The van der Waals surface area contributed by atoms with Crippen molar-refractivity contribution in [2.75, 3.05) is 12.0 Å². The van der Waals surface area contributed by atoms with Crippen molar-refractivity contribution in [3.8, 4) is 5.75 Å². The van der Waals surface area contributed by atoms with Gasteiger partial charge in [-0.25, -0.2) is 0 Å². The molecule has 0 saturated carbocycles. The van der Waals surface area contributed by atoms with Crippen LogP contribution in [-0.4, -0.2) is 18.0 Å². The number of carbonyl (C=O) groups is 1. The minimum Gasteiger partial charge on any atom is -0.497 e. The maximum atomic E-state index is 13.0. The second-order valence-electron chi connectivity index (χ2n) is 7.44. The van der Waals surface area contributed by atoms with Crippen LogP contribution in [0, 0.1) is 12.8 Å². The normalized spacial score (nSPS) is 11.0. The first-order chi connectivity index (χ1) is 13.4. The van der Waals surface area contributed by atoms with Gasteiger partial charge in [0, 0.05) is 23.7 Å². The Morgan fingerprint density at radius 2 is 1.89 bits per heavy atom. The van der Waals surface area contributed by atoms with Crippen LogP contribution in [0.3, 0.4) is 0 Å². The van der Waals surface area contributed by atoms with E-state index in [9.17, 15) is 9.59 Å². The minimum atomic E-state index is -0.174. The first-order valence-corrected chi connectivity index (χ1v) is 9.45. The van der Waals surface area contributed by atoms with Crippen LogP contribution in [0.25, 0.3) is 10.9 Å². The maximum absolute atomic E-state index is 13.0. The van der Waals surface area contributed by atoms with Crippen LogP contribution >= 0.6 is 0 Å². The second kappa shape index (κ2) is 8.30. The molecule has 1 N–H and O–H groups in total. The summed E-state index contributed by atoms with van der Waals surface area (Å²) in [4.78, 5) is 30.3. The lowest BCUT2D eigenvalue weighted by molar-refractivity contribution is -0.119. The third-order valence-corrected chi connectivity index (χ3v) is 4.74. The number of anilines is 1. The molecule has 0 fully saturated rings. The van der Waals surface area contributed by atoms with Gasteiger partial charge in [0.2, 0.25) is 5.91 Å². The number of methoxy groups -OCH3 is 1. The van der Waals surface area contributed by atoms with Gasteiger partial charge in [0.05, 0.1) is 19.2 Å². The number of pyridine rings is 1. The van der Waals surface area contributed by atoms with Gasteiger partial charge >= 0.3 is 0 Å². The molecule has 5 nitrogen and oxygen atoms in total. The van der Waals surface area contributed by atoms with Crippen molar-refractivity contribution in [3.05, 3.63) is 70.0 Å². The monoisotopic (exact) mass is 378 g/mol. The molecule has 3 rings (SSSR count). The van der Waals surface area contributed by atoms with Gasteiger partial charge in [-0.3, -0.25) is 9.59 Å². The van der Waals surface area contributed by atoms with Gasteiger partial charge in [0.25, 0.3) is 5.56 Å². The van der Waals surface area contributed by atoms with Crippen LogP contribution < -0.4 is 15.2 Å². The van der Waals surface area contributed by atoms with Gasteiger partial charge in [0.1, 0.15) is 5.75 Å². The molecule has 0 aliphatic rings. The highest BCUT2D eigenvalue weighted by Crippen LogP contribution is 2.24. The Morgan fingerprint density at radius 3 is 2.61 bits per heavy atom. The molecule has 0 aliphatic carbocycles. The summed E-state index contributed by atoms with van der Waals surface area (Å²) in [5.74, 6) is 0.869. The van der Waals surface area contributed by atoms with Crippen molar-refractivity contribution in [1.29, 1.82) is 0 Å². The fourth-order valence-electron chi connectivity index (χ4n) is 3.28. The number of aromatic amines is 1. The average molecular weight is 378 g/mol. The lowest BCUT2D eigenvalue weighted by Gasteiger charge is -2.24. The second-order valence-corrected chi connectivity index (χ2v) is 7.44. The number of ether oxygens (including phenoxy) is 1. The predicted molar refractivity (Wildman–Crippen MR) is 113 cm³/mol. The summed E-state index contributed by atoms with van der Waals surface area (Å²) in [7, 11) is 1.59. The van der Waals surface area contributed by atoms with E-state index in [1.807, 2.05) is 69.3 Å². The van der Waals surface area contributed by atoms with E-state index in [1.54, 1.807) is 12.0 Å². The van der Waals surface area contributed by atoms with E-state index in [0.29, 0.717) is 23.4 Å². The number of fused-ring (bicyclic) bond motifs is 1. The number of carbonyl (C=O) groups excluding carboxylic acids is 1. The van der Waals surface area contributed by atoms with Crippen LogP contribution in [-0.2, 0) is 11.3 Å². The number of H-pyrrole nitrogens is 1. The molecule has 1 aromatic heterocycles. The van der Waals surface area contributed by atoms with E-state index in [0.717, 1.165) is 16.5 Å². The molecule has 0 bridgehead atoms. The molecule has 0 radical (unpaired) electrons. The number of nitrogens with one attached hydrogen (secondary N) is 1. The predicted octanol–water partition coefficient (Wildman–Crippen LogP) is 4.42. The van der Waals surface area contributed by atoms with Crippen molar-refractivity contribution in [3.63, 3.8) is 0 Å². The summed E-state index contributed by atoms with van der Waals surface area (Å²) in [6, 6.07) is 15.1. The van der Waals surface area contributed by atoms with Gasteiger partial charge in [-0.15, -0.1) is 0 Å². The first-order valence-electron chi connectivity index (χ1n) is 9.45. The fraction of sp³-hybridized carbons (Fsp3) is 0.304. The zero-order valence-corrected chi connectivity index (χ0v) is 16.8. The summed E-state index contributed by atoms with van der Waals surface area (Å²) in [5.41, 5.74) is 2.94. The molecule has 0 aliphatic heterocycles. The van der Waals surface area contributed by atoms with Crippen molar-refractivity contribution < 1.29 is 9.53 Å². The number of amides is 1. The Bertz CT molecular complexity index is 1050. The zero-order valence-electron chi connectivity index (χ0n) is 16.8. The lowest BCUT2D eigenvalue weighted by atomic mass is 10.1. The van der Waals surface area contributed by atoms with E-state index in [-0.39, 0.29) is 23.9 Å². The number of para-hydroxylation sites is 1. The molecule has 146 valence electrons. The molecular weight excluding hydrogens is 352 g/mol. The SMILES string of the molecule is COc1cccc(N(Cc2cc3cccc(C)c3[nH]c2=O)C(=O)CC(C)C)c1. The molecule has 3 aromatic rings. The smallest absolute Gasteiger partial charge is 0.253 e. The van der Waals surface area contributed by atoms with E-state index >= 15 is 0 Å². The maximum Gasteiger partial charge on any atom is 0.253 e. The quantitative estimate of drug-likeness (QED) is 0.690. The Kier molecular flexibility index (Phi) is 5.83. The van der Waals surface area contributed by atoms with Crippen LogP contribution in [0.4, 0.5) is 5.69 Å². The van der Waals surface area contributed by atoms with Crippen LogP contribution in [0.5, 0.6) is 5.75 Å². The number of hydrogen-bond acceptors (Lipinski definition) is 3. The van der Waals surface area contributed by atoms with Gasteiger partial charge in [-0.05, 0) is 42.0 Å². The Morgan fingerprint density at radius 1 is 1.14 bits per heavy atom. The van der Waals surface area contributed by atoms with Gasteiger partial charge < -0.3 is 14.6 Å². The summed E-state index contributed by atoms with van der Waals surface area (Å²) < 4.78 is 5.30. The number of aromatic nitrogens is 1. The largest absolute Gasteiger partial charge is 0.497 e. The van der Waals surface area contributed by atoms with E-state index in [4.69, 9.17) is 4.74 Å². The fourth-order valence-corrected chi connectivity index (χ4v) is 3.28. The Balaban J connectivity index is 2.04. The number of hydrogen-bond donors (Lipinski definition) is 1. The van der Waals surface area contributed by atoms with E-state index in [2.05, 4.69) is 4.98 Å². The molecule has 0 spiro atoms. The average Bonchev–Trinajstić information content (AvgIpc) is 2.66. The Labute approximate surface area is 165 Å². The van der Waals surface area contributed by atoms with Crippen molar-refractivity contribution in [2.24, 2.45) is 5.92 Å². The molecule has 0 saturated heterocycles. The summed E-state index contributed by atoms with van der Waals surface area (Å²) >= 11 is 0. The zero-order chi connectivity index (χ0) is 20.3. The highest BCUT2D eigenvalue weighted by molar-refractivity contribution is 5.93. The highest BCUT2D eigenvalue weighted by Gasteiger charge is 2.19. The molecule has 1 heterocycles. The Hall–Kier alpha value is -3.08. The van der Waals surface area contributed by atoms with E-state index in [1.165, 1.54) is 0 Å². The number of aryl methyl sites for hydroxylation is 1. The summed E-state index contributed by atoms with van der Waals surface area (Å²) in [6.07, 6.45) is 0.405. The lowest BCUT2D eigenvalue weighted by Crippen LogP contribution is -2.33. The van der Waals surface area contributed by atoms with Gasteiger partial charge in [-0.2, -0.15) is 0 Å². The number of rotatable bonds is 6. The molecule has 0 unspecified atom stereocenters. The van der Waals surface area contributed by atoms with E-state index < -0.39 is 0 Å². The van der Waals surface area contributed by atoms with Crippen LogP contribution in [0.2, 0.25) is 0 Å². The standard InChI is InChI=1S/C23H26N2O3/c1-15(2)11-21(26)25(19-9-6-10-20(13-19)28-4)14-18-12-17-8-5-7-16(3)22(17)24-23(18)27/h5-10,12-13,15H,11,14H2,1-4H3,(H,24,27). The van der Waals surface area contributed by atoms with Crippen molar-refractivity contribution in [1.82, 2.24) is 4.98 Å². The van der Waals surface area contributed by atoms with Gasteiger partial charge in [-0.1, -0.05) is 38.1 Å². The molecule has 5 heteroatoms. The van der Waals surface area contributed by atoms with Crippen LogP contribution in [0.15, 0.2) is 53.3 Å². The summed E-state index contributed by atoms with van der Waals surface area (Å²) in [5, 5.41) is 0.955. The van der Waals surface area contributed by atoms with Crippen LogP contribution in [0.1, 0.15) is 31.4 Å².